The maximum absolute atomic E-state index is 11.4. The smallest absolute Gasteiger partial charge is 0.393 e. The van der Waals surface area contributed by atoms with E-state index in [-0.39, 0.29) is 0 Å². The molecule has 0 saturated carbocycles. The highest BCUT2D eigenvalue weighted by atomic mass is 32.2. The van der Waals surface area contributed by atoms with E-state index in [1.165, 1.54) is 30.1 Å². The molecule has 0 radical (unpaired) electrons. The van der Waals surface area contributed by atoms with Crippen LogP contribution in [0.1, 0.15) is 26.7 Å². The van der Waals surface area contributed by atoms with Crippen LogP contribution in [-0.4, -0.2) is 37.0 Å². The van der Waals surface area contributed by atoms with Gasteiger partial charge in [-0.15, -0.1) is 0 Å². The monoisotopic (exact) mass is 320 g/mol. The topological polar surface area (TPSA) is 74.0 Å². The molecule has 0 fully saturated rings. The Morgan fingerprint density at radius 1 is 1.45 bits per heavy atom. The molecule has 1 heterocycles. The van der Waals surface area contributed by atoms with Gasteiger partial charge in [0.2, 0.25) is 5.84 Å². The molecule has 0 saturated heterocycles. The van der Waals surface area contributed by atoms with Crippen molar-refractivity contribution in [2.24, 2.45) is 4.99 Å². The van der Waals surface area contributed by atoms with E-state index in [0.29, 0.717) is 0 Å². The number of nitrogens with zero attached hydrogens (tertiary/aromatic N) is 1. The van der Waals surface area contributed by atoms with Gasteiger partial charge < -0.3 is 4.55 Å². The predicted molar refractivity (Wildman–Crippen MR) is 63.6 cm³/mol. The van der Waals surface area contributed by atoms with Crippen LogP contribution in [0.25, 0.3) is 0 Å². The summed E-state index contributed by atoms with van der Waals surface area (Å²) in [6.45, 7) is 5.49. The van der Waals surface area contributed by atoms with Crippen molar-refractivity contribution in [3.05, 3.63) is 12.4 Å². The van der Waals surface area contributed by atoms with Crippen molar-refractivity contribution in [2.45, 2.75) is 38.4 Å². The summed E-state index contributed by atoms with van der Waals surface area (Å²) in [7, 11) is -6.23. The summed E-state index contributed by atoms with van der Waals surface area (Å²) in [5.74, 6) is 1.20. The first-order valence-corrected chi connectivity index (χ1v) is 7.13. The minimum atomic E-state index is -6.23. The van der Waals surface area contributed by atoms with Gasteiger partial charge >= 0.3 is 11.7 Å². The number of quaternary nitrogens is 1. The van der Waals surface area contributed by atoms with Crippen molar-refractivity contribution >= 4 is 16.0 Å². The number of unbranched alkanes of at least 4 members (excludes halogenated alkanes) is 1. The fourth-order valence-corrected chi connectivity index (χ4v) is 1.40. The Bertz CT molecular complexity index is 463. The number of halogens is 4. The molecule has 0 aromatic rings. The first kappa shape index (κ1) is 19.0. The summed E-state index contributed by atoms with van der Waals surface area (Å²) in [5.41, 5.74) is 0. The molecule has 10 heteroatoms. The van der Waals surface area contributed by atoms with E-state index < -0.39 is 21.8 Å². The maximum Gasteiger partial charge on any atom is 0.393 e. The van der Waals surface area contributed by atoms with Crippen molar-refractivity contribution < 1.29 is 35.4 Å². The molecule has 0 aromatic heterocycles. The molecule has 0 aromatic carbocycles. The van der Waals surface area contributed by atoms with Crippen LogP contribution in [0.5, 0.6) is 0 Å². The third-order valence-electron chi connectivity index (χ3n) is 2.40. The summed E-state index contributed by atoms with van der Waals surface area (Å²) in [6, 6.07) is 0. The second kappa shape index (κ2) is 7.70. The van der Waals surface area contributed by atoms with Crippen LogP contribution in [0, 0.1) is 0 Å². The van der Waals surface area contributed by atoms with Crippen LogP contribution in [-0.2, 0) is 10.1 Å². The van der Waals surface area contributed by atoms with E-state index in [1.807, 2.05) is 6.20 Å². The highest BCUT2D eigenvalue weighted by Crippen LogP contribution is 2.27. The summed E-state index contributed by atoms with van der Waals surface area (Å²) in [5, 5.41) is -5.48. The standard InChI is InChI=1S/C8H14N2.C2H2F4O3S/c1-3-4-6-10-7-5-9-8(10)2;3-1(4)2(5,6)10(7,8)9/h5,7H,3-4,6H2,1-2H3;1H,(H,7,8,9). The molecule has 1 atom stereocenters. The van der Waals surface area contributed by atoms with Crippen LogP contribution >= 0.6 is 0 Å². The zero-order chi connectivity index (χ0) is 16.0. The molecule has 20 heavy (non-hydrogen) atoms. The lowest BCUT2D eigenvalue weighted by molar-refractivity contribution is -0.745. The highest BCUT2D eigenvalue weighted by Gasteiger charge is 2.48. The first-order chi connectivity index (χ1) is 9.04. The maximum atomic E-state index is 11.4. The molecular formula is C10H16F4N2O3S. The van der Waals surface area contributed by atoms with Crippen LogP contribution in [0.15, 0.2) is 17.4 Å². The van der Waals surface area contributed by atoms with Gasteiger partial charge in [0.1, 0.15) is 6.20 Å². The average molecular weight is 320 g/mol. The summed E-state index contributed by atoms with van der Waals surface area (Å²) in [4.78, 5) is 5.59. The Labute approximate surface area is 114 Å². The molecule has 0 spiro atoms. The normalized spacial score (nSPS) is 18.8. The molecule has 0 amide bonds. The second-order valence-corrected chi connectivity index (χ2v) is 5.43. The van der Waals surface area contributed by atoms with Gasteiger partial charge in [-0.05, 0) is 6.42 Å². The quantitative estimate of drug-likeness (QED) is 0.606. The van der Waals surface area contributed by atoms with E-state index in [9.17, 15) is 30.5 Å². The number of aliphatic imine (C=N–C) groups is 1. The van der Waals surface area contributed by atoms with Crippen LogP contribution < -0.4 is 4.90 Å². The Hall–Kier alpha value is -1.00. The lowest BCUT2D eigenvalue weighted by Crippen LogP contribution is -3.08. The Morgan fingerprint density at radius 2 is 2.00 bits per heavy atom. The number of hydrogen-bond acceptors (Lipinski definition) is 4. The van der Waals surface area contributed by atoms with Crippen molar-refractivity contribution in [3.8, 4) is 0 Å². The predicted octanol–water partition coefficient (Wildman–Crippen LogP) is 0.964. The third-order valence-corrected chi connectivity index (χ3v) is 3.24. The van der Waals surface area contributed by atoms with Crippen LogP contribution in [0.4, 0.5) is 17.6 Å². The first-order valence-electron chi connectivity index (χ1n) is 5.72. The van der Waals surface area contributed by atoms with Gasteiger partial charge in [0.15, 0.2) is 10.1 Å². The number of amidine groups is 1. The molecular weight excluding hydrogens is 304 g/mol. The fourth-order valence-electron chi connectivity index (χ4n) is 1.18. The van der Waals surface area contributed by atoms with Gasteiger partial charge in [-0.3, -0.25) is 4.90 Å². The molecule has 0 aliphatic carbocycles. The van der Waals surface area contributed by atoms with Gasteiger partial charge in [-0.1, -0.05) is 13.3 Å². The molecule has 0 bridgehead atoms. The molecule has 5 nitrogen and oxygen atoms in total. The average Bonchev–Trinajstić information content (AvgIpc) is 2.71. The van der Waals surface area contributed by atoms with E-state index in [2.05, 4.69) is 25.0 Å². The summed E-state index contributed by atoms with van der Waals surface area (Å²) < 4.78 is 72.7. The highest BCUT2D eigenvalue weighted by molar-refractivity contribution is 7.86. The minimum absolute atomic E-state index is 1.20. The minimum Gasteiger partial charge on any atom is -0.743 e. The SMILES string of the molecule is CCCC[NH+]1C=CN=C1C.O=S(=O)([O-])C(F)(F)C(F)F. The second-order valence-electron chi connectivity index (χ2n) is 3.98. The van der Waals surface area contributed by atoms with Crippen LogP contribution in [0.2, 0.25) is 0 Å². The molecule has 118 valence electrons. The van der Waals surface area contributed by atoms with Crippen molar-refractivity contribution in [3.63, 3.8) is 0 Å². The zero-order valence-corrected chi connectivity index (χ0v) is 11.8. The molecule has 1 unspecified atom stereocenters. The van der Waals surface area contributed by atoms with Crippen molar-refractivity contribution in [1.82, 2.24) is 0 Å². The fraction of sp³-hybridized carbons (Fsp3) is 0.700. The van der Waals surface area contributed by atoms with Gasteiger partial charge in [0.25, 0.3) is 0 Å². The van der Waals surface area contributed by atoms with E-state index in [1.54, 1.807) is 0 Å². The van der Waals surface area contributed by atoms with E-state index in [0.717, 1.165) is 0 Å². The lowest BCUT2D eigenvalue weighted by atomic mass is 10.3. The molecule has 1 rings (SSSR count). The van der Waals surface area contributed by atoms with Gasteiger partial charge in [-0.25, -0.2) is 22.2 Å². The van der Waals surface area contributed by atoms with Crippen molar-refractivity contribution in [2.75, 3.05) is 6.54 Å². The lowest BCUT2D eigenvalue weighted by Gasteiger charge is -2.17. The number of alkyl halides is 4. The number of hydrogen-bond donors (Lipinski definition) is 1. The van der Waals surface area contributed by atoms with Crippen molar-refractivity contribution in [1.29, 1.82) is 0 Å². The summed E-state index contributed by atoms with van der Waals surface area (Å²) in [6.07, 6.45) is 2.08. The Kier molecular flexibility index (Phi) is 7.31. The van der Waals surface area contributed by atoms with E-state index in [4.69, 9.17) is 0 Å². The summed E-state index contributed by atoms with van der Waals surface area (Å²) >= 11 is 0. The number of nitrogens with one attached hydrogen (secondary N) is 1. The Morgan fingerprint density at radius 3 is 2.25 bits per heavy atom. The number of rotatable bonds is 5. The van der Waals surface area contributed by atoms with E-state index >= 15 is 0 Å². The van der Waals surface area contributed by atoms with Gasteiger partial charge in [-0.2, -0.15) is 8.78 Å². The van der Waals surface area contributed by atoms with Gasteiger partial charge in [0, 0.05) is 6.92 Å². The largest absolute Gasteiger partial charge is 0.743 e. The zero-order valence-electron chi connectivity index (χ0n) is 10.9. The van der Waals surface area contributed by atoms with Crippen LogP contribution in [0.3, 0.4) is 0 Å². The molecule has 1 aliphatic rings. The third kappa shape index (κ3) is 5.55. The van der Waals surface area contributed by atoms with Gasteiger partial charge in [0.05, 0.1) is 12.7 Å². The Balaban J connectivity index is 0.000000361. The molecule has 1 aliphatic heterocycles. The molecule has 1 N–H and O–H groups in total.